The predicted molar refractivity (Wildman–Crippen MR) is 62.3 cm³/mol. The molecule has 0 saturated heterocycles. The molecule has 1 aromatic carbocycles. The van der Waals surface area contributed by atoms with Gasteiger partial charge in [-0.1, -0.05) is 0 Å². The van der Waals surface area contributed by atoms with E-state index in [0.29, 0.717) is 0 Å². The van der Waals surface area contributed by atoms with Gasteiger partial charge in [-0.15, -0.1) is 0 Å². The van der Waals surface area contributed by atoms with Crippen LogP contribution >= 0.6 is 0 Å². The van der Waals surface area contributed by atoms with Crippen LogP contribution < -0.4 is 5.73 Å². The summed E-state index contributed by atoms with van der Waals surface area (Å²) >= 11 is 0. The van der Waals surface area contributed by atoms with E-state index in [1.54, 1.807) is 6.92 Å². The Morgan fingerprint density at radius 1 is 1.44 bits per heavy atom. The molecule has 0 amide bonds. The lowest BCUT2D eigenvalue weighted by Gasteiger charge is -2.12. The lowest BCUT2D eigenvalue weighted by Crippen LogP contribution is -2.26. The molecular weight excluding hydrogens is 241 g/mol. The molecule has 0 aliphatic rings. The Morgan fingerprint density at radius 2 is 2.11 bits per heavy atom. The highest BCUT2D eigenvalue weighted by atomic mass is 19.1. The van der Waals surface area contributed by atoms with Gasteiger partial charge in [0.1, 0.15) is 5.82 Å². The molecule has 1 atom stereocenters. The van der Waals surface area contributed by atoms with Crippen molar-refractivity contribution in [3.8, 4) is 0 Å². The van der Waals surface area contributed by atoms with Crippen molar-refractivity contribution >= 4 is 17.6 Å². The first-order valence-corrected chi connectivity index (χ1v) is 5.38. The minimum Gasteiger partial charge on any atom is -0.463 e. The van der Waals surface area contributed by atoms with Crippen LogP contribution in [0.5, 0.6) is 0 Å². The van der Waals surface area contributed by atoms with Crippen molar-refractivity contribution in [2.75, 3.05) is 12.3 Å². The molecule has 0 heterocycles. The first kappa shape index (κ1) is 14.0. The molecule has 98 valence electrons. The second-order valence-corrected chi connectivity index (χ2v) is 3.54. The van der Waals surface area contributed by atoms with E-state index in [-0.39, 0.29) is 17.9 Å². The number of nitrogens with two attached hydrogens (primary N) is 1. The molecule has 0 radical (unpaired) electrons. The topological polar surface area (TPSA) is 78.6 Å². The normalized spacial score (nSPS) is 11.7. The van der Waals surface area contributed by atoms with Crippen molar-refractivity contribution in [1.82, 2.24) is 0 Å². The van der Waals surface area contributed by atoms with Crippen LogP contribution in [0, 0.1) is 5.82 Å². The number of halogens is 1. The van der Waals surface area contributed by atoms with Gasteiger partial charge in [0.15, 0.2) is 6.10 Å². The lowest BCUT2D eigenvalue weighted by molar-refractivity contribution is -0.152. The SMILES string of the molecule is CCOC(=O)C(C)OC(=O)c1ccc(N)cc1F. The fraction of sp³-hybridized carbons (Fsp3) is 0.333. The molecule has 1 unspecified atom stereocenters. The van der Waals surface area contributed by atoms with Gasteiger partial charge in [-0.2, -0.15) is 0 Å². The van der Waals surface area contributed by atoms with Gasteiger partial charge in [0.25, 0.3) is 0 Å². The Morgan fingerprint density at radius 3 is 2.67 bits per heavy atom. The number of carbonyl (C=O) groups excluding carboxylic acids is 2. The van der Waals surface area contributed by atoms with Crippen molar-refractivity contribution in [1.29, 1.82) is 0 Å². The van der Waals surface area contributed by atoms with E-state index in [2.05, 4.69) is 4.74 Å². The molecule has 2 N–H and O–H groups in total. The van der Waals surface area contributed by atoms with Gasteiger partial charge < -0.3 is 15.2 Å². The van der Waals surface area contributed by atoms with Gasteiger partial charge in [0.2, 0.25) is 0 Å². The number of anilines is 1. The maximum Gasteiger partial charge on any atom is 0.347 e. The largest absolute Gasteiger partial charge is 0.463 e. The number of esters is 2. The molecule has 0 aliphatic heterocycles. The van der Waals surface area contributed by atoms with Crippen LogP contribution in [0.1, 0.15) is 24.2 Å². The molecule has 0 spiro atoms. The quantitative estimate of drug-likeness (QED) is 0.651. The number of benzene rings is 1. The van der Waals surface area contributed by atoms with Crippen molar-refractivity contribution < 1.29 is 23.5 Å². The molecule has 1 rings (SSSR count). The maximum absolute atomic E-state index is 13.4. The summed E-state index contributed by atoms with van der Waals surface area (Å²) in [7, 11) is 0. The number of rotatable bonds is 4. The molecule has 0 aromatic heterocycles. The summed E-state index contributed by atoms with van der Waals surface area (Å²) in [4.78, 5) is 22.8. The summed E-state index contributed by atoms with van der Waals surface area (Å²) in [6.07, 6.45) is -1.09. The van der Waals surface area contributed by atoms with Crippen LogP contribution in [0.3, 0.4) is 0 Å². The Kier molecular flexibility index (Phi) is 4.65. The number of ether oxygens (including phenoxy) is 2. The molecule has 5 nitrogen and oxygen atoms in total. The van der Waals surface area contributed by atoms with Gasteiger partial charge in [0, 0.05) is 5.69 Å². The van der Waals surface area contributed by atoms with E-state index in [9.17, 15) is 14.0 Å². The first-order valence-electron chi connectivity index (χ1n) is 5.38. The monoisotopic (exact) mass is 255 g/mol. The van der Waals surface area contributed by atoms with Crippen molar-refractivity contribution in [3.63, 3.8) is 0 Å². The summed E-state index contributed by atoms with van der Waals surface area (Å²) in [6.45, 7) is 3.16. The molecular formula is C12H14FNO4. The third-order valence-corrected chi connectivity index (χ3v) is 2.12. The summed E-state index contributed by atoms with van der Waals surface area (Å²) in [6, 6.07) is 3.57. The molecule has 0 bridgehead atoms. The molecule has 0 fully saturated rings. The third-order valence-electron chi connectivity index (χ3n) is 2.12. The van der Waals surface area contributed by atoms with Gasteiger partial charge in [0.05, 0.1) is 12.2 Å². The molecule has 1 aromatic rings. The second-order valence-electron chi connectivity index (χ2n) is 3.54. The van der Waals surface area contributed by atoms with E-state index in [4.69, 9.17) is 10.5 Å². The summed E-state index contributed by atoms with van der Waals surface area (Å²) in [5.74, 6) is -2.41. The van der Waals surface area contributed by atoms with Crippen LogP contribution in [0.2, 0.25) is 0 Å². The molecule has 18 heavy (non-hydrogen) atoms. The van der Waals surface area contributed by atoms with Crippen LogP contribution in [0.15, 0.2) is 18.2 Å². The lowest BCUT2D eigenvalue weighted by atomic mass is 10.2. The molecule has 6 heteroatoms. The number of carbonyl (C=O) groups is 2. The Labute approximate surface area is 104 Å². The van der Waals surface area contributed by atoms with Gasteiger partial charge in [-0.05, 0) is 32.0 Å². The smallest absolute Gasteiger partial charge is 0.347 e. The zero-order chi connectivity index (χ0) is 13.7. The van der Waals surface area contributed by atoms with E-state index >= 15 is 0 Å². The van der Waals surface area contributed by atoms with Crippen LogP contribution in [-0.4, -0.2) is 24.6 Å². The van der Waals surface area contributed by atoms with E-state index in [1.165, 1.54) is 19.1 Å². The average Bonchev–Trinajstić information content (AvgIpc) is 2.28. The third kappa shape index (κ3) is 3.44. The highest BCUT2D eigenvalue weighted by Crippen LogP contribution is 2.14. The summed E-state index contributed by atoms with van der Waals surface area (Å²) in [5, 5.41) is 0. The first-order chi connectivity index (χ1) is 8.45. The molecule has 0 saturated carbocycles. The fourth-order valence-electron chi connectivity index (χ4n) is 1.23. The van der Waals surface area contributed by atoms with Crippen LogP contribution in [-0.2, 0) is 14.3 Å². The Balaban J connectivity index is 2.73. The van der Waals surface area contributed by atoms with Crippen molar-refractivity contribution in [2.45, 2.75) is 20.0 Å². The number of hydrogen-bond acceptors (Lipinski definition) is 5. The Hall–Kier alpha value is -2.11. The van der Waals surface area contributed by atoms with Crippen molar-refractivity contribution in [2.24, 2.45) is 0 Å². The molecule has 0 aliphatic carbocycles. The minimum absolute atomic E-state index is 0.178. The zero-order valence-corrected chi connectivity index (χ0v) is 10.1. The van der Waals surface area contributed by atoms with Crippen LogP contribution in [0.25, 0.3) is 0 Å². The summed E-state index contributed by atoms with van der Waals surface area (Å²) in [5.41, 5.74) is 5.27. The number of hydrogen-bond donors (Lipinski definition) is 1. The Bertz CT molecular complexity index is 461. The highest BCUT2D eigenvalue weighted by molar-refractivity contribution is 5.92. The van der Waals surface area contributed by atoms with Gasteiger partial charge in [-0.3, -0.25) is 0 Å². The standard InChI is InChI=1S/C12H14FNO4/c1-3-17-11(15)7(2)18-12(16)9-5-4-8(14)6-10(9)13/h4-7H,3,14H2,1-2H3. The van der Waals surface area contributed by atoms with E-state index in [1.807, 2.05) is 0 Å². The average molecular weight is 255 g/mol. The highest BCUT2D eigenvalue weighted by Gasteiger charge is 2.21. The van der Waals surface area contributed by atoms with Gasteiger partial charge >= 0.3 is 11.9 Å². The fourth-order valence-corrected chi connectivity index (χ4v) is 1.23. The van der Waals surface area contributed by atoms with Gasteiger partial charge in [-0.25, -0.2) is 14.0 Å². The maximum atomic E-state index is 13.4. The second kappa shape index (κ2) is 6.00. The van der Waals surface area contributed by atoms with E-state index < -0.39 is 23.9 Å². The predicted octanol–water partition coefficient (Wildman–Crippen LogP) is 1.52. The van der Waals surface area contributed by atoms with Crippen molar-refractivity contribution in [3.05, 3.63) is 29.6 Å². The van der Waals surface area contributed by atoms with Crippen LogP contribution in [0.4, 0.5) is 10.1 Å². The zero-order valence-electron chi connectivity index (χ0n) is 10.1. The minimum atomic E-state index is -1.09. The summed E-state index contributed by atoms with van der Waals surface area (Å²) < 4.78 is 22.8. The van der Waals surface area contributed by atoms with E-state index in [0.717, 1.165) is 6.07 Å². The number of nitrogen functional groups attached to an aromatic ring is 1.